The molecule has 0 aliphatic heterocycles. The van der Waals surface area contributed by atoms with Gasteiger partial charge >= 0.3 is 0 Å². The van der Waals surface area contributed by atoms with E-state index in [0.717, 1.165) is 18.4 Å². The first kappa shape index (κ1) is 13.3. The number of halogens is 1. The van der Waals surface area contributed by atoms with Gasteiger partial charge in [-0.2, -0.15) is 0 Å². The molecule has 0 bridgehead atoms. The second-order valence-electron chi connectivity index (χ2n) is 5.53. The standard InChI is InChI=1S/C15H22FNO/c1-11-2-4-12(5-3-11)9-17-10-13-8-14(16)6-7-15(13)18/h6-8,11-12,17-18H,2-5,9-10H2,1H3. The van der Waals surface area contributed by atoms with E-state index in [4.69, 9.17) is 0 Å². The highest BCUT2D eigenvalue weighted by Crippen LogP contribution is 2.27. The minimum Gasteiger partial charge on any atom is -0.508 e. The summed E-state index contributed by atoms with van der Waals surface area (Å²) in [5.41, 5.74) is 0.638. The second-order valence-corrected chi connectivity index (χ2v) is 5.53. The molecule has 100 valence electrons. The van der Waals surface area contributed by atoms with Crippen LogP contribution in [0.15, 0.2) is 18.2 Å². The lowest BCUT2D eigenvalue weighted by Crippen LogP contribution is -2.25. The molecule has 18 heavy (non-hydrogen) atoms. The van der Waals surface area contributed by atoms with Crippen molar-refractivity contribution in [1.82, 2.24) is 5.32 Å². The number of nitrogens with one attached hydrogen (secondary N) is 1. The molecule has 3 heteroatoms. The largest absolute Gasteiger partial charge is 0.508 e. The molecule has 0 radical (unpaired) electrons. The van der Waals surface area contributed by atoms with E-state index in [0.29, 0.717) is 12.1 Å². The van der Waals surface area contributed by atoms with Gasteiger partial charge in [0.25, 0.3) is 0 Å². The van der Waals surface area contributed by atoms with E-state index >= 15 is 0 Å². The van der Waals surface area contributed by atoms with Gasteiger partial charge in [-0.25, -0.2) is 4.39 Å². The predicted octanol–water partition coefficient (Wildman–Crippen LogP) is 3.45. The lowest BCUT2D eigenvalue weighted by atomic mass is 9.83. The maximum atomic E-state index is 13.0. The topological polar surface area (TPSA) is 32.3 Å². The van der Waals surface area contributed by atoms with E-state index in [9.17, 15) is 9.50 Å². The van der Waals surface area contributed by atoms with Crippen molar-refractivity contribution in [3.8, 4) is 5.75 Å². The van der Waals surface area contributed by atoms with Crippen molar-refractivity contribution in [2.24, 2.45) is 11.8 Å². The van der Waals surface area contributed by atoms with Crippen LogP contribution in [0.3, 0.4) is 0 Å². The number of phenols is 1. The van der Waals surface area contributed by atoms with Gasteiger partial charge in [0.1, 0.15) is 11.6 Å². The molecule has 0 atom stereocenters. The van der Waals surface area contributed by atoms with Gasteiger partial charge in [0.15, 0.2) is 0 Å². The average Bonchev–Trinajstić information content (AvgIpc) is 2.36. The molecule has 1 aromatic rings. The van der Waals surface area contributed by atoms with Crippen LogP contribution in [-0.2, 0) is 6.54 Å². The van der Waals surface area contributed by atoms with Crippen LogP contribution in [0.25, 0.3) is 0 Å². The molecule has 0 aromatic heterocycles. The number of aromatic hydroxyl groups is 1. The van der Waals surface area contributed by atoms with Gasteiger partial charge in [0.2, 0.25) is 0 Å². The summed E-state index contributed by atoms with van der Waals surface area (Å²) in [5, 5.41) is 12.9. The predicted molar refractivity (Wildman–Crippen MR) is 70.9 cm³/mol. The molecule has 2 rings (SSSR count). The summed E-state index contributed by atoms with van der Waals surface area (Å²) in [6.45, 7) is 3.81. The zero-order valence-electron chi connectivity index (χ0n) is 11.0. The van der Waals surface area contributed by atoms with Crippen LogP contribution in [0.2, 0.25) is 0 Å². The molecule has 1 aromatic carbocycles. The fourth-order valence-electron chi connectivity index (χ4n) is 2.64. The highest BCUT2D eigenvalue weighted by molar-refractivity contribution is 5.32. The Morgan fingerprint density at radius 1 is 1.28 bits per heavy atom. The van der Waals surface area contributed by atoms with Gasteiger partial charge in [-0.1, -0.05) is 19.8 Å². The highest BCUT2D eigenvalue weighted by Gasteiger charge is 2.17. The second kappa shape index (κ2) is 6.19. The third-order valence-electron chi connectivity index (χ3n) is 3.93. The lowest BCUT2D eigenvalue weighted by molar-refractivity contribution is 0.281. The van der Waals surface area contributed by atoms with Gasteiger partial charge in [-0.15, -0.1) is 0 Å². The number of hydrogen-bond donors (Lipinski definition) is 2. The van der Waals surface area contributed by atoms with E-state index in [-0.39, 0.29) is 11.6 Å². The van der Waals surface area contributed by atoms with Crippen LogP contribution in [0, 0.1) is 17.7 Å². The van der Waals surface area contributed by atoms with Crippen LogP contribution >= 0.6 is 0 Å². The van der Waals surface area contributed by atoms with Crippen LogP contribution in [0.4, 0.5) is 4.39 Å². The van der Waals surface area contributed by atoms with E-state index in [1.54, 1.807) is 0 Å². The summed E-state index contributed by atoms with van der Waals surface area (Å²) in [4.78, 5) is 0. The van der Waals surface area contributed by atoms with Gasteiger partial charge in [-0.3, -0.25) is 0 Å². The Balaban J connectivity index is 1.76. The molecule has 2 N–H and O–H groups in total. The van der Waals surface area contributed by atoms with E-state index < -0.39 is 0 Å². The Hall–Kier alpha value is -1.09. The summed E-state index contributed by atoms with van der Waals surface area (Å²) >= 11 is 0. The van der Waals surface area contributed by atoms with Crippen LogP contribution in [0.5, 0.6) is 5.75 Å². The summed E-state index contributed by atoms with van der Waals surface area (Å²) in [6.07, 6.45) is 5.20. The third-order valence-corrected chi connectivity index (χ3v) is 3.93. The SMILES string of the molecule is CC1CCC(CNCc2cc(F)ccc2O)CC1. The Bertz CT molecular complexity index is 386. The van der Waals surface area contributed by atoms with Gasteiger partial charge in [-0.05, 0) is 49.4 Å². The van der Waals surface area contributed by atoms with Crippen LogP contribution in [-0.4, -0.2) is 11.7 Å². The highest BCUT2D eigenvalue weighted by atomic mass is 19.1. The summed E-state index contributed by atoms with van der Waals surface area (Å²) < 4.78 is 13.0. The monoisotopic (exact) mass is 251 g/mol. The normalized spacial score (nSPS) is 24.1. The molecule has 0 amide bonds. The van der Waals surface area contributed by atoms with Crippen molar-refractivity contribution in [3.05, 3.63) is 29.6 Å². The van der Waals surface area contributed by atoms with Crippen LogP contribution < -0.4 is 5.32 Å². The Morgan fingerprint density at radius 3 is 2.72 bits per heavy atom. The zero-order chi connectivity index (χ0) is 13.0. The first-order valence-electron chi connectivity index (χ1n) is 6.83. The number of benzene rings is 1. The fourth-order valence-corrected chi connectivity index (χ4v) is 2.64. The zero-order valence-corrected chi connectivity index (χ0v) is 11.0. The summed E-state index contributed by atoms with van der Waals surface area (Å²) in [6, 6.07) is 4.08. The Morgan fingerprint density at radius 2 is 2.00 bits per heavy atom. The van der Waals surface area contributed by atoms with E-state index in [1.807, 2.05) is 0 Å². The summed E-state index contributed by atoms with van der Waals surface area (Å²) in [7, 11) is 0. The molecular weight excluding hydrogens is 229 g/mol. The van der Waals surface area contributed by atoms with Crippen molar-refractivity contribution in [3.63, 3.8) is 0 Å². The number of hydrogen-bond acceptors (Lipinski definition) is 2. The third kappa shape index (κ3) is 3.70. The molecule has 0 saturated heterocycles. The van der Waals surface area contributed by atoms with Crippen LogP contribution in [0.1, 0.15) is 38.2 Å². The quantitative estimate of drug-likeness (QED) is 0.859. The molecule has 0 spiro atoms. The number of phenolic OH excluding ortho intramolecular Hbond substituents is 1. The van der Waals surface area contributed by atoms with Gasteiger partial charge in [0.05, 0.1) is 0 Å². The van der Waals surface area contributed by atoms with Crippen molar-refractivity contribution in [1.29, 1.82) is 0 Å². The minimum atomic E-state index is -0.295. The van der Waals surface area contributed by atoms with Crippen molar-refractivity contribution < 1.29 is 9.50 Å². The Labute approximate surface area is 108 Å². The summed E-state index contributed by atoms with van der Waals surface area (Å²) in [5.74, 6) is 1.47. The lowest BCUT2D eigenvalue weighted by Gasteiger charge is -2.26. The fraction of sp³-hybridized carbons (Fsp3) is 0.600. The Kier molecular flexibility index (Phi) is 4.59. The van der Waals surface area contributed by atoms with Crippen molar-refractivity contribution in [2.75, 3.05) is 6.54 Å². The average molecular weight is 251 g/mol. The number of rotatable bonds is 4. The molecule has 0 unspecified atom stereocenters. The van der Waals surface area contributed by atoms with Gasteiger partial charge in [0, 0.05) is 12.1 Å². The van der Waals surface area contributed by atoms with Gasteiger partial charge < -0.3 is 10.4 Å². The first-order valence-corrected chi connectivity index (χ1v) is 6.83. The molecule has 1 saturated carbocycles. The smallest absolute Gasteiger partial charge is 0.123 e. The maximum Gasteiger partial charge on any atom is 0.123 e. The van der Waals surface area contributed by atoms with E-state index in [2.05, 4.69) is 12.2 Å². The van der Waals surface area contributed by atoms with E-state index in [1.165, 1.54) is 43.9 Å². The van der Waals surface area contributed by atoms with Crippen molar-refractivity contribution in [2.45, 2.75) is 39.2 Å². The first-order chi connectivity index (χ1) is 8.65. The maximum absolute atomic E-state index is 13.0. The minimum absolute atomic E-state index is 0.168. The molecule has 2 nitrogen and oxygen atoms in total. The van der Waals surface area contributed by atoms with Crippen molar-refractivity contribution >= 4 is 0 Å². The molecule has 1 aliphatic rings. The molecule has 0 heterocycles. The molecular formula is C15H22FNO. The molecule has 1 aliphatic carbocycles. The molecule has 1 fully saturated rings.